The predicted molar refractivity (Wildman–Crippen MR) is 114 cm³/mol. The molecular formula is C22H32N4O3. The van der Waals surface area contributed by atoms with Crippen molar-refractivity contribution in [3.05, 3.63) is 41.1 Å². The smallest absolute Gasteiger partial charge is 0.245 e. The van der Waals surface area contributed by atoms with E-state index in [1.54, 1.807) is 12.3 Å². The Kier molecular flexibility index (Phi) is 6.72. The van der Waals surface area contributed by atoms with Crippen LogP contribution in [0.2, 0.25) is 0 Å². The Balaban J connectivity index is 2.10. The van der Waals surface area contributed by atoms with E-state index in [1.807, 2.05) is 12.1 Å². The number of hydrazine groups is 1. The highest BCUT2D eigenvalue weighted by molar-refractivity contribution is 5.77. The molecule has 0 saturated heterocycles. The minimum atomic E-state index is -0.201. The number of aromatic hydroxyl groups is 1. The molecule has 0 unspecified atom stereocenters. The van der Waals surface area contributed by atoms with Crippen molar-refractivity contribution in [1.29, 1.82) is 0 Å². The first-order valence-electron chi connectivity index (χ1n) is 9.70. The number of aromatic nitrogens is 2. The Morgan fingerprint density at radius 2 is 1.69 bits per heavy atom. The summed E-state index contributed by atoms with van der Waals surface area (Å²) in [4.78, 5) is 20.4. The molecular weight excluding hydrogens is 368 g/mol. The van der Waals surface area contributed by atoms with Crippen LogP contribution in [-0.2, 0) is 22.0 Å². The fraction of sp³-hybridized carbons (Fsp3) is 0.500. The zero-order valence-electron chi connectivity index (χ0n) is 18.4. The van der Waals surface area contributed by atoms with Gasteiger partial charge in [0.15, 0.2) is 0 Å². The van der Waals surface area contributed by atoms with E-state index >= 15 is 0 Å². The molecule has 0 radical (unpaired) electrons. The molecule has 158 valence electrons. The van der Waals surface area contributed by atoms with Crippen molar-refractivity contribution in [2.45, 2.75) is 65.2 Å². The average Bonchev–Trinajstić information content (AvgIpc) is 2.63. The summed E-state index contributed by atoms with van der Waals surface area (Å²) in [6.45, 7) is 12.4. The van der Waals surface area contributed by atoms with E-state index in [4.69, 9.17) is 4.74 Å². The Labute approximate surface area is 172 Å². The van der Waals surface area contributed by atoms with E-state index in [-0.39, 0.29) is 29.1 Å². The normalized spacial score (nSPS) is 11.8. The van der Waals surface area contributed by atoms with Gasteiger partial charge in [0.25, 0.3) is 0 Å². The van der Waals surface area contributed by atoms with Gasteiger partial charge in [0.05, 0.1) is 7.11 Å². The number of phenols is 1. The second-order valence-corrected chi connectivity index (χ2v) is 9.14. The summed E-state index contributed by atoms with van der Waals surface area (Å²) in [7, 11) is 1.51. The maximum absolute atomic E-state index is 12.3. The predicted octanol–water partition coefficient (Wildman–Crippen LogP) is 3.86. The van der Waals surface area contributed by atoms with Crippen molar-refractivity contribution in [2.75, 3.05) is 12.5 Å². The molecule has 0 aliphatic heterocycles. The van der Waals surface area contributed by atoms with Crippen LogP contribution in [-0.4, -0.2) is 28.1 Å². The first kappa shape index (κ1) is 22.5. The fourth-order valence-electron chi connectivity index (χ4n) is 2.94. The highest BCUT2D eigenvalue weighted by Gasteiger charge is 2.26. The van der Waals surface area contributed by atoms with Crippen molar-refractivity contribution >= 4 is 11.9 Å². The molecule has 3 N–H and O–H groups in total. The number of benzene rings is 1. The minimum absolute atomic E-state index is 0.181. The fourth-order valence-corrected chi connectivity index (χ4v) is 2.94. The van der Waals surface area contributed by atoms with Gasteiger partial charge in [-0.2, -0.15) is 4.98 Å². The molecule has 1 amide bonds. The van der Waals surface area contributed by atoms with Crippen LogP contribution < -0.4 is 15.6 Å². The molecule has 1 heterocycles. The van der Waals surface area contributed by atoms with E-state index in [2.05, 4.69) is 62.4 Å². The number of amides is 1. The summed E-state index contributed by atoms with van der Waals surface area (Å²) in [6.07, 6.45) is 2.38. The van der Waals surface area contributed by atoms with Gasteiger partial charge in [-0.3, -0.25) is 15.6 Å². The van der Waals surface area contributed by atoms with Gasteiger partial charge in [-0.05, 0) is 33.9 Å². The maximum atomic E-state index is 12.3. The zero-order chi connectivity index (χ0) is 21.8. The number of rotatable bonds is 6. The first-order valence-corrected chi connectivity index (χ1v) is 9.70. The van der Waals surface area contributed by atoms with Crippen molar-refractivity contribution < 1.29 is 14.6 Å². The monoisotopic (exact) mass is 400 g/mol. The quantitative estimate of drug-likeness (QED) is 0.637. The topological polar surface area (TPSA) is 96.4 Å². The van der Waals surface area contributed by atoms with Gasteiger partial charge in [0.2, 0.25) is 17.7 Å². The van der Waals surface area contributed by atoms with E-state index in [1.165, 1.54) is 7.11 Å². The average molecular weight is 401 g/mol. The van der Waals surface area contributed by atoms with Crippen LogP contribution in [0.25, 0.3) is 0 Å². The summed E-state index contributed by atoms with van der Waals surface area (Å²) in [6, 6.07) is 5.62. The summed E-state index contributed by atoms with van der Waals surface area (Å²) in [5.41, 5.74) is 7.70. The molecule has 0 spiro atoms. The van der Waals surface area contributed by atoms with Gasteiger partial charge >= 0.3 is 0 Å². The number of nitrogens with zero attached hydrogens (tertiary/aromatic N) is 2. The minimum Gasteiger partial charge on any atom is -0.507 e. The Hall–Kier alpha value is -2.83. The molecule has 0 aliphatic rings. The molecule has 2 rings (SSSR count). The van der Waals surface area contributed by atoms with Crippen molar-refractivity contribution in [3.8, 4) is 11.6 Å². The van der Waals surface area contributed by atoms with Crippen LogP contribution in [0.5, 0.6) is 11.6 Å². The van der Waals surface area contributed by atoms with Crippen LogP contribution in [0, 0.1) is 0 Å². The Bertz CT molecular complexity index is 832. The number of hydrogen-bond acceptors (Lipinski definition) is 6. The lowest BCUT2D eigenvalue weighted by molar-refractivity contribution is -0.120. The highest BCUT2D eigenvalue weighted by atomic mass is 16.5. The maximum Gasteiger partial charge on any atom is 0.245 e. The second kappa shape index (κ2) is 8.68. The van der Waals surface area contributed by atoms with Gasteiger partial charge in [-0.15, -0.1) is 0 Å². The molecule has 0 fully saturated rings. The second-order valence-electron chi connectivity index (χ2n) is 9.14. The van der Waals surface area contributed by atoms with Gasteiger partial charge < -0.3 is 9.84 Å². The van der Waals surface area contributed by atoms with Crippen LogP contribution >= 0.6 is 0 Å². The molecule has 29 heavy (non-hydrogen) atoms. The van der Waals surface area contributed by atoms with Gasteiger partial charge in [-0.1, -0.05) is 53.7 Å². The number of carbonyl (C=O) groups is 1. The molecule has 2 aromatic rings. The lowest BCUT2D eigenvalue weighted by Gasteiger charge is -2.28. The third-order valence-electron chi connectivity index (χ3n) is 4.58. The standard InChI is InChI=1S/C22H32N4O3/c1-21(2,3)15-12-14(13-16(19(15)28)22(4,5)6)8-9-17(27)25-26-20-23-11-10-18(24-20)29-7/h10-13,28H,8-9H2,1-7H3,(H,25,27)(H,23,24,26). The van der Waals surface area contributed by atoms with Crippen LogP contribution in [0.4, 0.5) is 5.95 Å². The molecule has 1 aromatic carbocycles. The number of anilines is 1. The van der Waals surface area contributed by atoms with Crippen molar-refractivity contribution in [1.82, 2.24) is 15.4 Å². The Morgan fingerprint density at radius 3 is 2.21 bits per heavy atom. The molecule has 0 aliphatic carbocycles. The largest absolute Gasteiger partial charge is 0.507 e. The van der Waals surface area contributed by atoms with Crippen LogP contribution in [0.3, 0.4) is 0 Å². The summed E-state index contributed by atoms with van der Waals surface area (Å²) in [5.74, 6) is 0.826. The number of nitrogens with one attached hydrogen (secondary N) is 2. The number of ether oxygens (including phenoxy) is 1. The van der Waals surface area contributed by atoms with E-state index in [9.17, 15) is 9.90 Å². The number of hydrogen-bond donors (Lipinski definition) is 3. The molecule has 7 heteroatoms. The molecule has 1 aromatic heterocycles. The van der Waals surface area contributed by atoms with E-state index in [0.717, 1.165) is 16.7 Å². The number of carbonyl (C=O) groups excluding carboxylic acids is 1. The van der Waals surface area contributed by atoms with E-state index in [0.29, 0.717) is 18.1 Å². The molecule has 0 atom stereocenters. The van der Waals surface area contributed by atoms with Crippen molar-refractivity contribution in [3.63, 3.8) is 0 Å². The van der Waals surface area contributed by atoms with Gasteiger partial charge in [0, 0.05) is 18.7 Å². The number of aryl methyl sites for hydroxylation is 1. The lowest BCUT2D eigenvalue weighted by Crippen LogP contribution is -2.30. The third kappa shape index (κ3) is 6.07. The SMILES string of the molecule is COc1ccnc(NNC(=O)CCc2cc(C(C)(C)C)c(O)c(C(C)(C)C)c2)n1. The van der Waals surface area contributed by atoms with Crippen LogP contribution in [0.1, 0.15) is 64.7 Å². The van der Waals surface area contributed by atoms with E-state index < -0.39 is 0 Å². The first-order chi connectivity index (χ1) is 13.4. The highest BCUT2D eigenvalue weighted by Crippen LogP contribution is 2.39. The molecule has 0 bridgehead atoms. The van der Waals surface area contributed by atoms with Gasteiger partial charge in [-0.25, -0.2) is 4.98 Å². The lowest BCUT2D eigenvalue weighted by atomic mass is 9.78. The van der Waals surface area contributed by atoms with Crippen molar-refractivity contribution in [2.24, 2.45) is 0 Å². The molecule has 0 saturated carbocycles. The zero-order valence-corrected chi connectivity index (χ0v) is 18.4. The van der Waals surface area contributed by atoms with Gasteiger partial charge in [0.1, 0.15) is 5.75 Å². The third-order valence-corrected chi connectivity index (χ3v) is 4.58. The molecule has 7 nitrogen and oxygen atoms in total. The Morgan fingerprint density at radius 1 is 1.10 bits per heavy atom. The van der Waals surface area contributed by atoms with Crippen LogP contribution in [0.15, 0.2) is 24.4 Å². The number of phenolic OH excluding ortho intramolecular Hbond substituents is 1. The summed E-state index contributed by atoms with van der Waals surface area (Å²) >= 11 is 0. The summed E-state index contributed by atoms with van der Waals surface area (Å²) < 4.78 is 5.03. The number of methoxy groups -OCH3 is 1. The summed E-state index contributed by atoms with van der Waals surface area (Å²) in [5, 5.41) is 10.8.